The van der Waals surface area contributed by atoms with E-state index in [-0.39, 0.29) is 6.04 Å². The first kappa shape index (κ1) is 13.1. The number of halogens is 3. The maximum absolute atomic E-state index is 12.5. The van der Waals surface area contributed by atoms with Gasteiger partial charge in [-0.1, -0.05) is 11.3 Å². The van der Waals surface area contributed by atoms with Gasteiger partial charge in [-0.25, -0.2) is 0 Å². The number of alkyl halides is 3. The molecular weight excluding hydrogens is 277 g/mol. The van der Waals surface area contributed by atoms with Crippen molar-refractivity contribution < 1.29 is 13.2 Å². The molecule has 0 aliphatic carbocycles. The number of anilines is 1. The van der Waals surface area contributed by atoms with Crippen molar-refractivity contribution in [3.05, 3.63) is 5.01 Å². The average molecular weight is 292 g/mol. The highest BCUT2D eigenvalue weighted by molar-refractivity contribution is 7.15. The predicted molar refractivity (Wildman–Crippen MR) is 66.3 cm³/mol. The molecule has 2 bridgehead atoms. The molecule has 0 saturated carbocycles. The van der Waals surface area contributed by atoms with Crippen LogP contribution in [0.3, 0.4) is 0 Å². The Morgan fingerprint density at radius 1 is 1.21 bits per heavy atom. The van der Waals surface area contributed by atoms with Crippen molar-refractivity contribution >= 4 is 16.5 Å². The van der Waals surface area contributed by atoms with E-state index in [9.17, 15) is 13.2 Å². The van der Waals surface area contributed by atoms with Gasteiger partial charge in [0.25, 0.3) is 0 Å². The highest BCUT2D eigenvalue weighted by Crippen LogP contribution is 2.36. The monoisotopic (exact) mass is 292 g/mol. The Morgan fingerprint density at radius 3 is 2.37 bits per heavy atom. The number of hydrogen-bond acceptors (Lipinski definition) is 5. The second kappa shape index (κ2) is 4.59. The molecule has 2 saturated heterocycles. The van der Waals surface area contributed by atoms with E-state index in [4.69, 9.17) is 0 Å². The molecule has 2 aliphatic heterocycles. The van der Waals surface area contributed by atoms with Crippen LogP contribution in [-0.2, 0) is 6.18 Å². The molecule has 0 spiro atoms. The third-order valence-electron chi connectivity index (χ3n) is 3.95. The molecular formula is C11H15F3N4S. The van der Waals surface area contributed by atoms with Crippen molar-refractivity contribution in [3.8, 4) is 0 Å². The molecule has 8 heteroatoms. The maximum atomic E-state index is 12.5. The third kappa shape index (κ3) is 2.55. The Bertz CT molecular complexity index is 449. The van der Waals surface area contributed by atoms with E-state index in [1.54, 1.807) is 0 Å². The molecule has 1 aromatic heterocycles. The van der Waals surface area contributed by atoms with Crippen molar-refractivity contribution in [1.82, 2.24) is 15.5 Å². The normalized spacial score (nSPS) is 30.6. The fourth-order valence-electron chi connectivity index (χ4n) is 2.97. The van der Waals surface area contributed by atoms with Crippen molar-refractivity contribution in [2.45, 2.75) is 50.0 Å². The highest BCUT2D eigenvalue weighted by atomic mass is 32.1. The Kier molecular flexibility index (Phi) is 3.17. The standard InChI is InChI=1S/C11H15F3N4S/c1-18(8-4-6-2-3-7(5-8)15-6)10-17-16-9(19-10)11(12,13)14/h6-8,15H,2-5H2,1H3. The van der Waals surface area contributed by atoms with Crippen LogP contribution < -0.4 is 10.2 Å². The van der Waals surface area contributed by atoms with Crippen LogP contribution in [0.1, 0.15) is 30.7 Å². The SMILES string of the molecule is CN(c1nnc(C(F)(F)F)s1)C1CC2CCC(C1)N2. The topological polar surface area (TPSA) is 41.1 Å². The highest BCUT2D eigenvalue weighted by Gasteiger charge is 2.38. The van der Waals surface area contributed by atoms with Crippen LogP contribution in [-0.4, -0.2) is 35.4 Å². The summed E-state index contributed by atoms with van der Waals surface area (Å²) in [5.74, 6) is 0. The molecule has 3 rings (SSSR count). The minimum atomic E-state index is -4.40. The van der Waals surface area contributed by atoms with Gasteiger partial charge >= 0.3 is 6.18 Å². The first-order chi connectivity index (χ1) is 8.93. The van der Waals surface area contributed by atoms with Gasteiger partial charge < -0.3 is 10.2 Å². The zero-order valence-electron chi connectivity index (χ0n) is 10.4. The van der Waals surface area contributed by atoms with Crippen LogP contribution in [0.5, 0.6) is 0 Å². The van der Waals surface area contributed by atoms with Gasteiger partial charge in [0.1, 0.15) is 0 Å². The van der Waals surface area contributed by atoms with E-state index >= 15 is 0 Å². The summed E-state index contributed by atoms with van der Waals surface area (Å²) in [5.41, 5.74) is 0. The van der Waals surface area contributed by atoms with Crippen LogP contribution in [0.15, 0.2) is 0 Å². The number of nitrogens with zero attached hydrogens (tertiary/aromatic N) is 3. The molecule has 2 atom stereocenters. The van der Waals surface area contributed by atoms with Gasteiger partial charge in [-0.15, -0.1) is 10.2 Å². The number of aromatic nitrogens is 2. The first-order valence-corrected chi connectivity index (χ1v) is 7.14. The number of rotatable bonds is 2. The fourth-order valence-corrected chi connectivity index (χ4v) is 3.72. The Hall–Kier alpha value is -0.890. The van der Waals surface area contributed by atoms with E-state index in [1.165, 1.54) is 12.8 Å². The van der Waals surface area contributed by atoms with E-state index < -0.39 is 11.2 Å². The summed E-state index contributed by atoms with van der Waals surface area (Å²) in [4.78, 5) is 1.86. The number of hydrogen-bond donors (Lipinski definition) is 1. The molecule has 19 heavy (non-hydrogen) atoms. The lowest BCUT2D eigenvalue weighted by atomic mass is 9.99. The molecule has 106 valence electrons. The van der Waals surface area contributed by atoms with E-state index in [2.05, 4.69) is 15.5 Å². The van der Waals surface area contributed by atoms with Gasteiger partial charge in [-0.3, -0.25) is 0 Å². The molecule has 0 amide bonds. The molecule has 3 heterocycles. The second-order valence-electron chi connectivity index (χ2n) is 5.26. The van der Waals surface area contributed by atoms with Crippen molar-refractivity contribution in [1.29, 1.82) is 0 Å². The molecule has 1 N–H and O–H groups in total. The lowest BCUT2D eigenvalue weighted by Gasteiger charge is -2.35. The van der Waals surface area contributed by atoms with Gasteiger partial charge in [-0.2, -0.15) is 13.2 Å². The Balaban J connectivity index is 1.73. The van der Waals surface area contributed by atoms with Gasteiger partial charge in [0.05, 0.1) is 0 Å². The lowest BCUT2D eigenvalue weighted by molar-refractivity contribution is -0.138. The van der Waals surface area contributed by atoms with Crippen LogP contribution in [0, 0.1) is 0 Å². The molecule has 2 aliphatic rings. The first-order valence-electron chi connectivity index (χ1n) is 6.33. The Morgan fingerprint density at radius 2 is 1.84 bits per heavy atom. The summed E-state index contributed by atoms with van der Waals surface area (Å²) in [5, 5.41) is 9.93. The van der Waals surface area contributed by atoms with E-state index in [1.807, 2.05) is 11.9 Å². The quantitative estimate of drug-likeness (QED) is 0.908. The molecule has 4 nitrogen and oxygen atoms in total. The summed E-state index contributed by atoms with van der Waals surface area (Å²) >= 11 is 0.623. The summed E-state index contributed by atoms with van der Waals surface area (Å²) in [6.07, 6.45) is -0.135. The van der Waals surface area contributed by atoms with Gasteiger partial charge in [-0.05, 0) is 25.7 Å². The predicted octanol–water partition coefficient (Wildman–Crippen LogP) is 2.28. The van der Waals surface area contributed by atoms with Crippen LogP contribution in [0.25, 0.3) is 0 Å². The van der Waals surface area contributed by atoms with Gasteiger partial charge in [0.15, 0.2) is 0 Å². The Labute approximate surface area is 113 Å². The summed E-state index contributed by atoms with van der Waals surface area (Å²) in [7, 11) is 1.82. The van der Waals surface area contributed by atoms with Crippen LogP contribution >= 0.6 is 11.3 Å². The largest absolute Gasteiger partial charge is 0.445 e. The molecule has 0 aromatic carbocycles. The number of nitrogens with one attached hydrogen (secondary N) is 1. The van der Waals surface area contributed by atoms with E-state index in [0.717, 1.165) is 12.8 Å². The minimum Gasteiger partial charge on any atom is -0.347 e. The third-order valence-corrected chi connectivity index (χ3v) is 5.01. The van der Waals surface area contributed by atoms with E-state index in [0.29, 0.717) is 28.6 Å². The molecule has 2 fully saturated rings. The maximum Gasteiger partial charge on any atom is 0.445 e. The molecule has 2 unspecified atom stereocenters. The van der Waals surface area contributed by atoms with Gasteiger partial charge in [0, 0.05) is 25.2 Å². The van der Waals surface area contributed by atoms with Crippen molar-refractivity contribution in [2.75, 3.05) is 11.9 Å². The zero-order chi connectivity index (χ0) is 13.6. The molecule has 0 radical (unpaired) electrons. The zero-order valence-corrected chi connectivity index (χ0v) is 11.3. The summed E-state index contributed by atoms with van der Waals surface area (Å²) in [6.45, 7) is 0. The summed E-state index contributed by atoms with van der Waals surface area (Å²) in [6, 6.07) is 1.26. The fraction of sp³-hybridized carbons (Fsp3) is 0.818. The lowest BCUT2D eigenvalue weighted by Crippen LogP contribution is -2.47. The van der Waals surface area contributed by atoms with Gasteiger partial charge in [0.2, 0.25) is 10.1 Å². The number of piperidine rings is 1. The second-order valence-corrected chi connectivity index (χ2v) is 6.22. The molecule has 1 aromatic rings. The van der Waals surface area contributed by atoms with Crippen molar-refractivity contribution in [3.63, 3.8) is 0 Å². The minimum absolute atomic E-state index is 0.257. The van der Waals surface area contributed by atoms with Crippen molar-refractivity contribution in [2.24, 2.45) is 0 Å². The average Bonchev–Trinajstić information content (AvgIpc) is 2.95. The summed E-state index contributed by atoms with van der Waals surface area (Å²) < 4.78 is 37.6. The van der Waals surface area contributed by atoms with Crippen LogP contribution in [0.4, 0.5) is 18.3 Å². The smallest absolute Gasteiger partial charge is 0.347 e. The van der Waals surface area contributed by atoms with Crippen LogP contribution in [0.2, 0.25) is 0 Å². The number of fused-ring (bicyclic) bond motifs is 2.